The van der Waals surface area contributed by atoms with Crippen LogP contribution in [-0.4, -0.2) is 33.9 Å². The molecule has 1 fully saturated rings. The summed E-state index contributed by atoms with van der Waals surface area (Å²) in [7, 11) is 0. The maximum atomic E-state index is 13.1. The topological polar surface area (TPSA) is 92.4 Å². The van der Waals surface area contributed by atoms with E-state index < -0.39 is 23.9 Å². The Morgan fingerprint density at radius 2 is 1.77 bits per heavy atom. The van der Waals surface area contributed by atoms with E-state index in [1.165, 1.54) is 0 Å². The van der Waals surface area contributed by atoms with Crippen LogP contribution in [0.1, 0.15) is 35.8 Å². The Bertz CT molecular complexity index is 1120. The number of nitrogens with zero attached hydrogens (tertiary/aromatic N) is 3. The number of aliphatic imine (C=N–C) groups is 1. The predicted molar refractivity (Wildman–Crippen MR) is 106 cm³/mol. The van der Waals surface area contributed by atoms with Gasteiger partial charge in [0.25, 0.3) is 5.91 Å². The molecule has 9 heteroatoms. The van der Waals surface area contributed by atoms with Crippen molar-refractivity contribution in [1.29, 1.82) is 0 Å². The number of carbonyl (C=O) groups excluding carboxylic acids is 1. The average molecular weight is 409 g/mol. The van der Waals surface area contributed by atoms with E-state index in [9.17, 15) is 13.6 Å². The lowest BCUT2D eigenvalue weighted by molar-refractivity contribution is -0.116. The van der Waals surface area contributed by atoms with Crippen molar-refractivity contribution in [1.82, 2.24) is 10.2 Å². The summed E-state index contributed by atoms with van der Waals surface area (Å²) in [6, 6.07) is 16.8. The molecule has 3 aromatic rings. The molecule has 1 atom stereocenters. The quantitative estimate of drug-likeness (QED) is 0.684. The van der Waals surface area contributed by atoms with Gasteiger partial charge in [0.2, 0.25) is 18.0 Å². The van der Waals surface area contributed by atoms with Gasteiger partial charge < -0.3 is 15.1 Å². The second-order valence-electron chi connectivity index (χ2n) is 7.33. The summed E-state index contributed by atoms with van der Waals surface area (Å²) in [5.74, 6) is -3.43. The van der Waals surface area contributed by atoms with Gasteiger partial charge in [-0.2, -0.15) is 0 Å². The summed E-state index contributed by atoms with van der Waals surface area (Å²) in [6.45, 7) is 0. The molecule has 5 rings (SSSR count). The molecule has 2 aliphatic rings. The van der Waals surface area contributed by atoms with Gasteiger partial charge in [0, 0.05) is 29.9 Å². The van der Waals surface area contributed by atoms with Gasteiger partial charge in [-0.3, -0.25) is 4.79 Å². The summed E-state index contributed by atoms with van der Waals surface area (Å²) in [4.78, 5) is 17.4. The Kier molecular flexibility index (Phi) is 4.30. The molecule has 0 radical (unpaired) electrons. The molecule has 1 amide bonds. The molecule has 0 bridgehead atoms. The summed E-state index contributed by atoms with van der Waals surface area (Å²) in [6.07, 6.45) is -1.67. The first-order valence-electron chi connectivity index (χ1n) is 9.50. The lowest BCUT2D eigenvalue weighted by atomic mass is 9.81. The number of benzene rings is 2. The van der Waals surface area contributed by atoms with E-state index in [4.69, 9.17) is 4.42 Å². The Morgan fingerprint density at radius 3 is 2.53 bits per heavy atom. The molecule has 0 saturated heterocycles. The zero-order valence-corrected chi connectivity index (χ0v) is 15.7. The summed E-state index contributed by atoms with van der Waals surface area (Å²) in [5, 5.41) is 13.4. The first-order chi connectivity index (χ1) is 14.5. The molecule has 1 unspecified atom stereocenters. The number of halogens is 2. The zero-order chi connectivity index (χ0) is 20.7. The van der Waals surface area contributed by atoms with Gasteiger partial charge in [-0.1, -0.05) is 53.6 Å². The van der Waals surface area contributed by atoms with Crippen LogP contribution in [0.3, 0.4) is 0 Å². The Hall–Kier alpha value is -3.62. The molecule has 2 N–H and O–H groups in total. The number of benzodiazepines with no additional fused rings is 1. The van der Waals surface area contributed by atoms with Crippen molar-refractivity contribution < 1.29 is 18.0 Å². The van der Waals surface area contributed by atoms with Crippen molar-refractivity contribution in [3.8, 4) is 0 Å². The van der Waals surface area contributed by atoms with Crippen molar-refractivity contribution in [3.63, 3.8) is 0 Å². The first-order valence-corrected chi connectivity index (χ1v) is 9.50. The van der Waals surface area contributed by atoms with Crippen LogP contribution >= 0.6 is 0 Å². The van der Waals surface area contributed by atoms with Crippen molar-refractivity contribution in [3.05, 3.63) is 71.6 Å². The molecule has 2 aromatic carbocycles. The van der Waals surface area contributed by atoms with Gasteiger partial charge in [0.05, 0.1) is 11.4 Å². The molecule has 152 valence electrons. The van der Waals surface area contributed by atoms with Crippen LogP contribution in [0.4, 0.5) is 20.5 Å². The highest BCUT2D eigenvalue weighted by atomic mass is 19.3. The minimum atomic E-state index is -2.69. The normalized spacial score (nSPS) is 20.4. The molecule has 1 aliphatic heterocycles. The van der Waals surface area contributed by atoms with Crippen LogP contribution < -0.4 is 10.6 Å². The van der Waals surface area contributed by atoms with E-state index in [0.717, 1.165) is 11.1 Å². The lowest BCUT2D eigenvalue weighted by Gasteiger charge is -2.32. The highest BCUT2D eigenvalue weighted by Crippen LogP contribution is 2.47. The number of anilines is 2. The van der Waals surface area contributed by atoms with Gasteiger partial charge in [-0.25, -0.2) is 13.8 Å². The van der Waals surface area contributed by atoms with E-state index in [0.29, 0.717) is 11.4 Å². The number of fused-ring (bicyclic) bond motifs is 1. The smallest absolute Gasteiger partial charge is 0.317 e. The predicted octanol–water partition coefficient (Wildman–Crippen LogP) is 3.81. The largest absolute Gasteiger partial charge is 0.408 e. The molecular weight excluding hydrogens is 392 g/mol. The fourth-order valence-electron chi connectivity index (χ4n) is 3.59. The number of para-hydroxylation sites is 1. The van der Waals surface area contributed by atoms with Crippen LogP contribution in [0.25, 0.3) is 0 Å². The fourth-order valence-corrected chi connectivity index (χ4v) is 3.59. The highest BCUT2D eigenvalue weighted by molar-refractivity contribution is 6.19. The highest BCUT2D eigenvalue weighted by Gasteiger charge is 2.48. The molecule has 1 aliphatic carbocycles. The summed E-state index contributed by atoms with van der Waals surface area (Å²) >= 11 is 0. The number of carbonyl (C=O) groups is 1. The van der Waals surface area contributed by atoms with Crippen LogP contribution in [0.5, 0.6) is 0 Å². The number of nitrogens with one attached hydrogen (secondary N) is 2. The van der Waals surface area contributed by atoms with Crippen LogP contribution in [0, 0.1) is 0 Å². The standard InChI is InChI=1S/C21H17F2N5O2/c22-21(23)10-13(11-21)19-27-28-20(30-19)26-17-18(29)24-15-9-5-4-8-14(15)16(25-17)12-6-2-1-3-7-12/h1-9,13,17H,10-11H2,(H,24,29)(H,26,28). The average Bonchev–Trinajstić information content (AvgIpc) is 3.13. The van der Waals surface area contributed by atoms with Crippen LogP contribution in [0.15, 0.2) is 64.0 Å². The van der Waals surface area contributed by atoms with Gasteiger partial charge in [0.15, 0.2) is 0 Å². The molecule has 1 saturated carbocycles. The van der Waals surface area contributed by atoms with E-state index >= 15 is 0 Å². The fraction of sp³-hybridized carbons (Fsp3) is 0.238. The van der Waals surface area contributed by atoms with E-state index in [-0.39, 0.29) is 24.7 Å². The molecule has 0 spiro atoms. The summed E-state index contributed by atoms with van der Waals surface area (Å²) < 4.78 is 31.7. The van der Waals surface area contributed by atoms with E-state index in [2.05, 4.69) is 25.8 Å². The molecule has 7 nitrogen and oxygen atoms in total. The maximum Gasteiger partial charge on any atom is 0.317 e. The Morgan fingerprint density at radius 1 is 1.03 bits per heavy atom. The number of alkyl halides is 2. The van der Waals surface area contributed by atoms with Crippen molar-refractivity contribution in [2.75, 3.05) is 10.6 Å². The third-order valence-corrected chi connectivity index (χ3v) is 5.13. The molecule has 2 heterocycles. The number of aromatic nitrogens is 2. The van der Waals surface area contributed by atoms with Gasteiger partial charge in [-0.05, 0) is 6.07 Å². The number of hydrogen-bond acceptors (Lipinski definition) is 6. The van der Waals surface area contributed by atoms with Crippen molar-refractivity contribution in [2.45, 2.75) is 30.8 Å². The summed E-state index contributed by atoms with van der Waals surface area (Å²) in [5.41, 5.74) is 2.89. The van der Waals surface area contributed by atoms with Crippen LogP contribution in [-0.2, 0) is 4.79 Å². The van der Waals surface area contributed by atoms with Gasteiger partial charge >= 0.3 is 6.01 Å². The van der Waals surface area contributed by atoms with Gasteiger partial charge in [-0.15, -0.1) is 5.10 Å². The number of hydrogen-bond donors (Lipinski definition) is 2. The molecule has 1 aromatic heterocycles. The minimum Gasteiger partial charge on any atom is -0.408 e. The number of amides is 1. The van der Waals surface area contributed by atoms with Crippen molar-refractivity contribution >= 4 is 23.3 Å². The second kappa shape index (κ2) is 7.01. The van der Waals surface area contributed by atoms with Crippen LogP contribution in [0.2, 0.25) is 0 Å². The lowest BCUT2D eigenvalue weighted by Crippen LogP contribution is -2.33. The Balaban J connectivity index is 1.45. The van der Waals surface area contributed by atoms with Crippen molar-refractivity contribution in [2.24, 2.45) is 4.99 Å². The number of rotatable bonds is 4. The maximum absolute atomic E-state index is 13.1. The first kappa shape index (κ1) is 18.4. The van der Waals surface area contributed by atoms with E-state index in [1.54, 1.807) is 6.07 Å². The SMILES string of the molecule is O=C1Nc2ccccc2C(c2ccccc2)=NC1Nc1nnc(C2CC(F)(F)C2)o1. The molecule has 30 heavy (non-hydrogen) atoms. The third kappa shape index (κ3) is 3.42. The minimum absolute atomic E-state index is 0.0394. The van der Waals surface area contributed by atoms with Gasteiger partial charge in [0.1, 0.15) is 0 Å². The monoisotopic (exact) mass is 409 g/mol. The third-order valence-electron chi connectivity index (χ3n) is 5.13. The Labute approximate surface area is 170 Å². The zero-order valence-electron chi connectivity index (χ0n) is 15.7. The van der Waals surface area contributed by atoms with E-state index in [1.807, 2.05) is 48.5 Å². The molecular formula is C21H17F2N5O2. The second-order valence-corrected chi connectivity index (χ2v) is 7.33.